The second-order valence-corrected chi connectivity index (χ2v) is 5.26. The Morgan fingerprint density at radius 3 is 2.76 bits per heavy atom. The van der Waals surface area contributed by atoms with Gasteiger partial charge in [-0.2, -0.15) is 5.26 Å². The van der Waals surface area contributed by atoms with E-state index in [0.717, 1.165) is 15.1 Å². The molecule has 3 nitrogen and oxygen atoms in total. The summed E-state index contributed by atoms with van der Waals surface area (Å²) >= 11 is 4.73. The molecular weight excluding hydrogens is 298 g/mol. The molecule has 0 spiro atoms. The highest BCUT2D eigenvalue weighted by atomic mass is 79.9. The van der Waals surface area contributed by atoms with Crippen LogP contribution in [0.1, 0.15) is 11.1 Å². The van der Waals surface area contributed by atoms with Crippen LogP contribution in [0.3, 0.4) is 0 Å². The van der Waals surface area contributed by atoms with Crippen molar-refractivity contribution in [2.45, 2.75) is 17.0 Å². The molecule has 0 saturated carbocycles. The molecule has 0 fully saturated rings. The minimum Gasteiger partial charge on any atom is -0.248 e. The maximum Gasteiger partial charge on any atom is 0.120 e. The fraction of sp³-hybridized carbons (Fsp3) is 0.0833. The van der Waals surface area contributed by atoms with E-state index >= 15 is 0 Å². The predicted octanol–water partition coefficient (Wildman–Crippen LogP) is 3.57. The first kappa shape index (κ1) is 12.1. The summed E-state index contributed by atoms with van der Waals surface area (Å²) in [4.78, 5) is 8.46. The van der Waals surface area contributed by atoms with E-state index in [1.54, 1.807) is 12.4 Å². The molecule has 17 heavy (non-hydrogen) atoms. The van der Waals surface area contributed by atoms with Gasteiger partial charge in [0.15, 0.2) is 0 Å². The lowest BCUT2D eigenvalue weighted by molar-refractivity contribution is 1.06. The minimum absolute atomic E-state index is 0.613. The van der Waals surface area contributed by atoms with Crippen LogP contribution in [0.5, 0.6) is 0 Å². The Labute approximate surface area is 112 Å². The monoisotopic (exact) mass is 305 g/mol. The Kier molecular flexibility index (Phi) is 3.77. The van der Waals surface area contributed by atoms with E-state index in [-0.39, 0.29) is 0 Å². The molecule has 0 N–H and O–H groups in total. The molecular formula is C12H8BrN3S. The van der Waals surface area contributed by atoms with Crippen molar-refractivity contribution in [1.82, 2.24) is 9.97 Å². The Balaban J connectivity index is 2.34. The number of rotatable bonds is 2. The van der Waals surface area contributed by atoms with Gasteiger partial charge in [0, 0.05) is 16.9 Å². The van der Waals surface area contributed by atoms with Crippen LogP contribution in [0.15, 0.2) is 45.1 Å². The molecule has 0 radical (unpaired) electrons. The van der Waals surface area contributed by atoms with E-state index in [1.165, 1.54) is 11.8 Å². The number of hydrogen-bond donors (Lipinski definition) is 0. The third-order valence-corrected chi connectivity index (χ3v) is 3.56. The molecule has 0 amide bonds. The summed E-state index contributed by atoms with van der Waals surface area (Å²) in [6, 6.07) is 7.81. The second kappa shape index (κ2) is 5.30. The molecule has 0 aliphatic carbocycles. The van der Waals surface area contributed by atoms with Crippen molar-refractivity contribution in [3.63, 3.8) is 0 Å². The lowest BCUT2D eigenvalue weighted by Gasteiger charge is -2.04. The van der Waals surface area contributed by atoms with Gasteiger partial charge in [-0.15, -0.1) is 0 Å². The highest BCUT2D eigenvalue weighted by Gasteiger charge is 2.08. The van der Waals surface area contributed by atoms with E-state index < -0.39 is 0 Å². The normalized spacial score (nSPS) is 9.94. The summed E-state index contributed by atoms with van der Waals surface area (Å²) in [5.74, 6) is 0. The molecule has 2 heterocycles. The van der Waals surface area contributed by atoms with Gasteiger partial charge < -0.3 is 0 Å². The van der Waals surface area contributed by atoms with Crippen molar-refractivity contribution in [1.29, 1.82) is 5.26 Å². The Morgan fingerprint density at radius 2 is 2.12 bits per heavy atom. The van der Waals surface area contributed by atoms with Gasteiger partial charge in [0.05, 0.1) is 5.56 Å². The van der Waals surface area contributed by atoms with Gasteiger partial charge in [-0.3, -0.25) is 0 Å². The summed E-state index contributed by atoms with van der Waals surface area (Å²) in [5.41, 5.74) is 1.55. The van der Waals surface area contributed by atoms with Crippen molar-refractivity contribution in [3.05, 3.63) is 46.2 Å². The first-order valence-electron chi connectivity index (χ1n) is 4.86. The third-order valence-electron chi connectivity index (χ3n) is 2.14. The lowest BCUT2D eigenvalue weighted by Crippen LogP contribution is -1.90. The summed E-state index contributed by atoms with van der Waals surface area (Å²) in [6.07, 6.45) is 3.43. The van der Waals surface area contributed by atoms with Gasteiger partial charge in [0.1, 0.15) is 16.1 Å². The van der Waals surface area contributed by atoms with E-state index in [9.17, 15) is 0 Å². The van der Waals surface area contributed by atoms with Gasteiger partial charge in [0.25, 0.3) is 0 Å². The molecule has 2 aromatic heterocycles. The average Bonchev–Trinajstić information content (AvgIpc) is 2.32. The number of nitriles is 1. The van der Waals surface area contributed by atoms with Gasteiger partial charge in [-0.25, -0.2) is 9.97 Å². The number of aryl methyl sites for hydroxylation is 1. The zero-order valence-corrected chi connectivity index (χ0v) is 11.4. The molecule has 84 valence electrons. The third kappa shape index (κ3) is 2.84. The van der Waals surface area contributed by atoms with Crippen molar-refractivity contribution in [2.24, 2.45) is 0 Å². The fourth-order valence-corrected chi connectivity index (χ4v) is 2.36. The van der Waals surface area contributed by atoms with E-state index in [2.05, 4.69) is 32.0 Å². The predicted molar refractivity (Wildman–Crippen MR) is 69.7 cm³/mol. The number of nitrogens with zero attached hydrogens (tertiary/aromatic N) is 3. The molecule has 5 heteroatoms. The Bertz CT molecular complexity index is 575. The maximum atomic E-state index is 9.09. The summed E-state index contributed by atoms with van der Waals surface area (Å²) in [7, 11) is 0. The lowest BCUT2D eigenvalue weighted by atomic mass is 10.2. The van der Waals surface area contributed by atoms with Crippen molar-refractivity contribution in [3.8, 4) is 6.07 Å². The molecule has 0 aromatic carbocycles. The molecule has 2 aromatic rings. The van der Waals surface area contributed by atoms with Gasteiger partial charge >= 0.3 is 0 Å². The second-order valence-electron chi connectivity index (χ2n) is 3.34. The largest absolute Gasteiger partial charge is 0.248 e. The zero-order chi connectivity index (χ0) is 12.3. The van der Waals surface area contributed by atoms with E-state index in [4.69, 9.17) is 5.26 Å². The van der Waals surface area contributed by atoms with Crippen LogP contribution < -0.4 is 0 Å². The minimum atomic E-state index is 0.613. The van der Waals surface area contributed by atoms with Crippen molar-refractivity contribution < 1.29 is 0 Å². The zero-order valence-electron chi connectivity index (χ0n) is 9.01. The fourth-order valence-electron chi connectivity index (χ4n) is 1.27. The van der Waals surface area contributed by atoms with Gasteiger partial charge in [-0.1, -0.05) is 0 Å². The van der Waals surface area contributed by atoms with Crippen LogP contribution in [0.2, 0.25) is 0 Å². The maximum absolute atomic E-state index is 9.09. The molecule has 2 rings (SSSR count). The number of pyridine rings is 2. The van der Waals surface area contributed by atoms with Crippen LogP contribution >= 0.6 is 27.7 Å². The summed E-state index contributed by atoms with van der Waals surface area (Å²) in [5, 5.41) is 10.6. The quantitative estimate of drug-likeness (QED) is 0.851. The smallest absolute Gasteiger partial charge is 0.120 e. The molecule has 0 bridgehead atoms. The van der Waals surface area contributed by atoms with Crippen LogP contribution in [0.25, 0.3) is 0 Å². The topological polar surface area (TPSA) is 49.6 Å². The van der Waals surface area contributed by atoms with Gasteiger partial charge in [-0.05, 0) is 58.4 Å². The first-order chi connectivity index (χ1) is 8.20. The van der Waals surface area contributed by atoms with Crippen LogP contribution in [-0.4, -0.2) is 9.97 Å². The Hall–Kier alpha value is -1.38. The first-order valence-corrected chi connectivity index (χ1v) is 6.47. The molecule has 0 aliphatic rings. The van der Waals surface area contributed by atoms with Crippen LogP contribution in [0, 0.1) is 18.3 Å². The molecule has 0 aliphatic heterocycles. The van der Waals surface area contributed by atoms with Gasteiger partial charge in [0.2, 0.25) is 0 Å². The number of halogens is 1. The SMILES string of the molecule is Cc1ccnc(Sc2ccc(Br)cn2)c1C#N. The molecule has 0 atom stereocenters. The van der Waals surface area contributed by atoms with Crippen molar-refractivity contribution in [2.75, 3.05) is 0 Å². The van der Waals surface area contributed by atoms with Crippen LogP contribution in [0.4, 0.5) is 0 Å². The van der Waals surface area contributed by atoms with E-state index in [0.29, 0.717) is 10.6 Å². The number of hydrogen-bond acceptors (Lipinski definition) is 4. The van der Waals surface area contributed by atoms with Crippen molar-refractivity contribution >= 4 is 27.7 Å². The summed E-state index contributed by atoms with van der Waals surface area (Å²) in [6.45, 7) is 1.90. The summed E-state index contributed by atoms with van der Waals surface area (Å²) < 4.78 is 0.930. The van der Waals surface area contributed by atoms with Crippen LogP contribution in [-0.2, 0) is 0 Å². The highest BCUT2D eigenvalue weighted by Crippen LogP contribution is 2.28. The Morgan fingerprint density at radius 1 is 1.29 bits per heavy atom. The molecule has 0 saturated heterocycles. The highest BCUT2D eigenvalue weighted by molar-refractivity contribution is 9.10. The van der Waals surface area contributed by atoms with E-state index in [1.807, 2.05) is 25.1 Å². The molecule has 0 unspecified atom stereocenters. The number of aromatic nitrogens is 2. The average molecular weight is 306 g/mol. The standard InChI is InChI=1S/C12H8BrN3S/c1-8-4-5-15-12(10(8)6-14)17-11-3-2-9(13)7-16-11/h2-5,7H,1H3.